The molecule has 1 atom stereocenters. The highest BCUT2D eigenvalue weighted by Gasteiger charge is 2.03. The van der Waals surface area contributed by atoms with Crippen molar-refractivity contribution in [3.05, 3.63) is 42.5 Å². The van der Waals surface area contributed by atoms with E-state index in [-0.39, 0.29) is 0 Å². The van der Waals surface area contributed by atoms with Gasteiger partial charge in [-0.25, -0.2) is 0 Å². The van der Waals surface area contributed by atoms with Crippen LogP contribution in [-0.2, 0) is 0 Å². The Kier molecular flexibility index (Phi) is 5.95. The third-order valence-corrected chi connectivity index (χ3v) is 2.86. The van der Waals surface area contributed by atoms with E-state index in [1.807, 2.05) is 6.07 Å². The molecule has 17 heavy (non-hydrogen) atoms. The molecule has 0 bridgehead atoms. The normalized spacial score (nSPS) is 12.7. The van der Waals surface area contributed by atoms with Crippen LogP contribution in [0, 0.1) is 0 Å². The van der Waals surface area contributed by atoms with E-state index in [1.165, 1.54) is 5.56 Å². The van der Waals surface area contributed by atoms with Crippen molar-refractivity contribution in [1.82, 2.24) is 10.2 Å². The SMILES string of the molecule is C=C(CNC(C)CCN(C)C)c1ccccc1. The summed E-state index contributed by atoms with van der Waals surface area (Å²) in [6, 6.07) is 10.9. The molecule has 2 heteroatoms. The number of nitrogens with one attached hydrogen (secondary N) is 1. The Bertz CT molecular complexity index is 330. The Morgan fingerprint density at radius 2 is 1.94 bits per heavy atom. The zero-order valence-corrected chi connectivity index (χ0v) is 11.2. The van der Waals surface area contributed by atoms with Crippen molar-refractivity contribution in [1.29, 1.82) is 0 Å². The number of hydrogen-bond acceptors (Lipinski definition) is 2. The molecule has 0 heterocycles. The minimum atomic E-state index is 0.526. The lowest BCUT2D eigenvalue weighted by atomic mass is 10.1. The Balaban J connectivity index is 2.29. The average molecular weight is 232 g/mol. The van der Waals surface area contributed by atoms with Crippen molar-refractivity contribution in [2.75, 3.05) is 27.2 Å². The second-order valence-corrected chi connectivity index (χ2v) is 4.84. The van der Waals surface area contributed by atoms with Crippen molar-refractivity contribution < 1.29 is 0 Å². The molecule has 0 fully saturated rings. The molecule has 0 spiro atoms. The number of nitrogens with zero attached hydrogens (tertiary/aromatic N) is 1. The third-order valence-electron chi connectivity index (χ3n) is 2.86. The molecule has 2 nitrogen and oxygen atoms in total. The molecule has 1 aromatic carbocycles. The molecule has 0 aliphatic carbocycles. The van der Waals surface area contributed by atoms with Crippen molar-refractivity contribution in [3.63, 3.8) is 0 Å². The monoisotopic (exact) mass is 232 g/mol. The van der Waals surface area contributed by atoms with Crippen LogP contribution in [0.1, 0.15) is 18.9 Å². The lowest BCUT2D eigenvalue weighted by Gasteiger charge is -2.17. The Morgan fingerprint density at radius 3 is 2.53 bits per heavy atom. The van der Waals surface area contributed by atoms with Gasteiger partial charge in [-0.2, -0.15) is 0 Å². The summed E-state index contributed by atoms with van der Waals surface area (Å²) in [4.78, 5) is 2.21. The Labute approximate surface area is 105 Å². The van der Waals surface area contributed by atoms with Gasteiger partial charge in [0.25, 0.3) is 0 Å². The minimum absolute atomic E-state index is 0.526. The highest BCUT2D eigenvalue weighted by molar-refractivity contribution is 5.64. The van der Waals surface area contributed by atoms with Gasteiger partial charge in [0, 0.05) is 12.6 Å². The first-order chi connectivity index (χ1) is 8.09. The topological polar surface area (TPSA) is 15.3 Å². The molecule has 0 aliphatic rings. The number of rotatable bonds is 7. The zero-order chi connectivity index (χ0) is 12.7. The van der Waals surface area contributed by atoms with Crippen molar-refractivity contribution >= 4 is 5.57 Å². The lowest BCUT2D eigenvalue weighted by Crippen LogP contribution is -2.30. The maximum atomic E-state index is 4.12. The first-order valence-electron chi connectivity index (χ1n) is 6.21. The molecule has 0 radical (unpaired) electrons. The van der Waals surface area contributed by atoms with E-state index >= 15 is 0 Å². The fourth-order valence-electron chi connectivity index (χ4n) is 1.63. The van der Waals surface area contributed by atoms with Crippen LogP contribution in [-0.4, -0.2) is 38.1 Å². The van der Waals surface area contributed by atoms with Gasteiger partial charge in [0.15, 0.2) is 0 Å². The van der Waals surface area contributed by atoms with Crippen molar-refractivity contribution in [2.45, 2.75) is 19.4 Å². The Hall–Kier alpha value is -1.12. The molecule has 94 valence electrons. The standard InChI is InChI=1S/C15H24N2/c1-13(15-8-6-5-7-9-15)12-16-14(2)10-11-17(3)4/h5-9,14,16H,1,10-12H2,2-4H3. The van der Waals surface area contributed by atoms with E-state index in [9.17, 15) is 0 Å². The largest absolute Gasteiger partial charge is 0.310 e. The van der Waals surface area contributed by atoms with Gasteiger partial charge in [0.1, 0.15) is 0 Å². The summed E-state index contributed by atoms with van der Waals surface area (Å²) in [5, 5.41) is 3.51. The summed E-state index contributed by atoms with van der Waals surface area (Å²) in [7, 11) is 4.21. The van der Waals surface area contributed by atoms with Gasteiger partial charge in [-0.15, -0.1) is 0 Å². The molecule has 1 unspecified atom stereocenters. The summed E-state index contributed by atoms with van der Waals surface area (Å²) < 4.78 is 0. The van der Waals surface area contributed by atoms with Crippen LogP contribution < -0.4 is 5.32 Å². The molecule has 0 aliphatic heterocycles. The number of hydrogen-bond donors (Lipinski definition) is 1. The van der Waals surface area contributed by atoms with Gasteiger partial charge in [0.2, 0.25) is 0 Å². The molecular weight excluding hydrogens is 208 g/mol. The van der Waals surface area contributed by atoms with Crippen LogP contribution in [0.2, 0.25) is 0 Å². The van der Waals surface area contributed by atoms with Crippen LogP contribution in [0.3, 0.4) is 0 Å². The van der Waals surface area contributed by atoms with E-state index in [1.54, 1.807) is 0 Å². The molecule has 0 saturated heterocycles. The van der Waals surface area contributed by atoms with E-state index < -0.39 is 0 Å². The summed E-state index contributed by atoms with van der Waals surface area (Å²) in [5.74, 6) is 0. The first-order valence-corrected chi connectivity index (χ1v) is 6.21. The van der Waals surface area contributed by atoms with Crippen molar-refractivity contribution in [3.8, 4) is 0 Å². The van der Waals surface area contributed by atoms with Gasteiger partial charge in [-0.05, 0) is 45.1 Å². The van der Waals surface area contributed by atoms with Gasteiger partial charge >= 0.3 is 0 Å². The summed E-state index contributed by atoms with van der Waals surface area (Å²) in [6.07, 6.45) is 1.16. The van der Waals surface area contributed by atoms with Crippen LogP contribution in [0.15, 0.2) is 36.9 Å². The fraction of sp³-hybridized carbons (Fsp3) is 0.467. The van der Waals surface area contributed by atoms with Crippen molar-refractivity contribution in [2.24, 2.45) is 0 Å². The molecule has 0 amide bonds. The van der Waals surface area contributed by atoms with E-state index in [4.69, 9.17) is 0 Å². The average Bonchev–Trinajstić information content (AvgIpc) is 2.34. The predicted molar refractivity (Wildman–Crippen MR) is 76.1 cm³/mol. The van der Waals surface area contributed by atoms with E-state index in [2.05, 4.69) is 62.1 Å². The highest BCUT2D eigenvalue weighted by Crippen LogP contribution is 2.10. The molecule has 0 aromatic heterocycles. The van der Waals surface area contributed by atoms with Crippen LogP contribution in [0.25, 0.3) is 5.57 Å². The van der Waals surface area contributed by atoms with Crippen LogP contribution in [0.5, 0.6) is 0 Å². The van der Waals surface area contributed by atoms with Crippen LogP contribution >= 0.6 is 0 Å². The maximum absolute atomic E-state index is 4.12. The predicted octanol–water partition coefficient (Wildman–Crippen LogP) is 2.63. The third kappa shape index (κ3) is 5.66. The minimum Gasteiger partial charge on any atom is -0.310 e. The summed E-state index contributed by atoms with van der Waals surface area (Å²) >= 11 is 0. The van der Waals surface area contributed by atoms with Crippen LogP contribution in [0.4, 0.5) is 0 Å². The molecule has 1 rings (SSSR count). The molecule has 1 N–H and O–H groups in total. The second kappa shape index (κ2) is 7.25. The quantitative estimate of drug-likeness (QED) is 0.777. The molecule has 1 aromatic rings. The molecule has 0 saturated carbocycles. The van der Waals surface area contributed by atoms with E-state index in [0.29, 0.717) is 6.04 Å². The summed E-state index contributed by atoms with van der Waals surface area (Å²) in [5.41, 5.74) is 2.38. The van der Waals surface area contributed by atoms with Gasteiger partial charge < -0.3 is 10.2 Å². The second-order valence-electron chi connectivity index (χ2n) is 4.84. The molecular formula is C15H24N2. The number of benzene rings is 1. The van der Waals surface area contributed by atoms with Gasteiger partial charge in [-0.1, -0.05) is 36.9 Å². The van der Waals surface area contributed by atoms with E-state index in [0.717, 1.165) is 25.1 Å². The maximum Gasteiger partial charge on any atom is 0.0208 e. The van der Waals surface area contributed by atoms with Gasteiger partial charge in [0.05, 0.1) is 0 Å². The Morgan fingerprint density at radius 1 is 1.29 bits per heavy atom. The lowest BCUT2D eigenvalue weighted by molar-refractivity contribution is 0.370. The van der Waals surface area contributed by atoms with Gasteiger partial charge in [-0.3, -0.25) is 0 Å². The highest BCUT2D eigenvalue weighted by atomic mass is 15.1. The smallest absolute Gasteiger partial charge is 0.0208 e. The fourth-order valence-corrected chi connectivity index (χ4v) is 1.63. The zero-order valence-electron chi connectivity index (χ0n) is 11.2. The summed E-state index contributed by atoms with van der Waals surface area (Å²) in [6.45, 7) is 8.32. The first kappa shape index (κ1) is 13.9.